The van der Waals surface area contributed by atoms with E-state index in [-0.39, 0.29) is 5.56 Å². The first-order valence-electron chi connectivity index (χ1n) is 10.6. The second-order valence-corrected chi connectivity index (χ2v) is 9.01. The zero-order chi connectivity index (χ0) is 24.6. The molecule has 0 saturated heterocycles. The first-order valence-corrected chi connectivity index (χ1v) is 11.4. The standard InChI is InChI=1S/C24H23NO8S/c1-11-9-18(26)33-16-10-13(5-6-14(11)16)32-12(2)21(27)25-22-20(24(29)31-4)19-15(23(28)30-3)7-8-17(19)34-22/h5-6,9-10,12,15H,7-8H2,1-4H3,(H,25,27)/t12-,15+/m0/s1. The van der Waals surface area contributed by atoms with Crippen molar-refractivity contribution in [2.75, 3.05) is 19.5 Å². The Kier molecular flexibility index (Phi) is 6.43. The summed E-state index contributed by atoms with van der Waals surface area (Å²) in [6.07, 6.45) is 0.184. The quantitative estimate of drug-likeness (QED) is 0.416. The number of carbonyl (C=O) groups is 3. The van der Waals surface area contributed by atoms with Gasteiger partial charge in [-0.1, -0.05) is 0 Å². The third kappa shape index (κ3) is 4.28. The van der Waals surface area contributed by atoms with Crippen molar-refractivity contribution in [2.24, 2.45) is 0 Å². The lowest BCUT2D eigenvalue weighted by Gasteiger charge is -2.16. The van der Waals surface area contributed by atoms with Crippen LogP contribution in [0.2, 0.25) is 0 Å². The molecule has 34 heavy (non-hydrogen) atoms. The van der Waals surface area contributed by atoms with Crippen molar-refractivity contribution in [1.82, 2.24) is 0 Å². The van der Waals surface area contributed by atoms with Crippen molar-refractivity contribution >= 4 is 45.2 Å². The maximum absolute atomic E-state index is 12.9. The molecule has 0 fully saturated rings. The van der Waals surface area contributed by atoms with E-state index in [2.05, 4.69) is 5.32 Å². The minimum Gasteiger partial charge on any atom is -0.481 e. The van der Waals surface area contributed by atoms with Gasteiger partial charge in [-0.05, 0) is 49.9 Å². The van der Waals surface area contributed by atoms with Crippen LogP contribution in [0.15, 0.2) is 33.5 Å². The van der Waals surface area contributed by atoms with Crippen LogP contribution in [0.25, 0.3) is 11.0 Å². The van der Waals surface area contributed by atoms with E-state index in [1.165, 1.54) is 31.6 Å². The topological polar surface area (TPSA) is 121 Å². The van der Waals surface area contributed by atoms with Gasteiger partial charge in [-0.2, -0.15) is 0 Å². The van der Waals surface area contributed by atoms with Crippen LogP contribution < -0.4 is 15.7 Å². The summed E-state index contributed by atoms with van der Waals surface area (Å²) in [6, 6.07) is 6.38. The first-order chi connectivity index (χ1) is 16.2. The van der Waals surface area contributed by atoms with Crippen LogP contribution >= 0.6 is 11.3 Å². The molecule has 1 amide bonds. The average molecular weight is 486 g/mol. The lowest BCUT2D eigenvalue weighted by Crippen LogP contribution is -2.30. The van der Waals surface area contributed by atoms with Gasteiger partial charge in [0.1, 0.15) is 16.3 Å². The summed E-state index contributed by atoms with van der Waals surface area (Å²) in [6.45, 7) is 3.36. The Morgan fingerprint density at radius 1 is 1.18 bits per heavy atom. The summed E-state index contributed by atoms with van der Waals surface area (Å²) in [4.78, 5) is 50.2. The molecule has 0 saturated carbocycles. The number of aryl methyl sites for hydroxylation is 2. The van der Waals surface area contributed by atoms with Gasteiger partial charge in [-0.3, -0.25) is 9.59 Å². The van der Waals surface area contributed by atoms with Crippen LogP contribution in [0.3, 0.4) is 0 Å². The van der Waals surface area contributed by atoms with E-state index in [9.17, 15) is 19.2 Å². The maximum Gasteiger partial charge on any atom is 0.341 e. The predicted octanol–water partition coefficient (Wildman–Crippen LogP) is 3.56. The lowest BCUT2D eigenvalue weighted by molar-refractivity contribution is -0.142. The normalized spacial score (nSPS) is 15.5. The SMILES string of the molecule is COC(=O)c1c(NC(=O)[C@H](C)Oc2ccc3c(C)cc(=O)oc3c2)sc2c1[C@H](C(=O)OC)CC2. The molecule has 0 bridgehead atoms. The number of ether oxygens (including phenoxy) is 3. The number of nitrogens with one attached hydrogen (secondary N) is 1. The summed E-state index contributed by atoms with van der Waals surface area (Å²) in [5.41, 5.74) is 1.37. The highest BCUT2D eigenvalue weighted by molar-refractivity contribution is 7.17. The number of hydrogen-bond donors (Lipinski definition) is 1. The fourth-order valence-electron chi connectivity index (χ4n) is 4.09. The van der Waals surface area contributed by atoms with Crippen LogP contribution in [-0.2, 0) is 25.5 Å². The summed E-state index contributed by atoms with van der Waals surface area (Å²) in [7, 11) is 2.54. The van der Waals surface area contributed by atoms with Crippen molar-refractivity contribution in [1.29, 1.82) is 0 Å². The van der Waals surface area contributed by atoms with E-state index in [4.69, 9.17) is 18.6 Å². The van der Waals surface area contributed by atoms with Crippen LogP contribution in [0, 0.1) is 6.92 Å². The van der Waals surface area contributed by atoms with Crippen LogP contribution in [-0.4, -0.2) is 38.2 Å². The number of methoxy groups -OCH3 is 2. The van der Waals surface area contributed by atoms with Gasteiger partial charge in [0.05, 0.1) is 25.7 Å². The maximum atomic E-state index is 12.9. The minimum atomic E-state index is -0.937. The van der Waals surface area contributed by atoms with Crippen LogP contribution in [0.1, 0.15) is 45.6 Å². The van der Waals surface area contributed by atoms with Crippen molar-refractivity contribution in [2.45, 2.75) is 38.7 Å². The average Bonchev–Trinajstić information content (AvgIpc) is 3.36. The monoisotopic (exact) mass is 485 g/mol. The number of thiophene rings is 1. The Balaban J connectivity index is 1.57. The van der Waals surface area contributed by atoms with Crippen molar-refractivity contribution in [3.8, 4) is 5.75 Å². The fourth-order valence-corrected chi connectivity index (χ4v) is 5.35. The van der Waals surface area contributed by atoms with E-state index < -0.39 is 35.5 Å². The van der Waals surface area contributed by atoms with E-state index in [1.807, 2.05) is 0 Å². The molecule has 1 aliphatic carbocycles. The molecule has 3 aromatic rings. The highest BCUT2D eigenvalue weighted by Crippen LogP contribution is 2.46. The Hall–Kier alpha value is -3.66. The van der Waals surface area contributed by atoms with Gasteiger partial charge in [-0.15, -0.1) is 11.3 Å². The van der Waals surface area contributed by atoms with Gasteiger partial charge in [0.15, 0.2) is 6.10 Å². The second-order valence-electron chi connectivity index (χ2n) is 7.90. The van der Waals surface area contributed by atoms with Crippen molar-refractivity contribution in [3.63, 3.8) is 0 Å². The molecule has 0 radical (unpaired) electrons. The van der Waals surface area contributed by atoms with Crippen molar-refractivity contribution in [3.05, 3.63) is 56.3 Å². The summed E-state index contributed by atoms with van der Waals surface area (Å²) in [5, 5.41) is 3.80. The van der Waals surface area contributed by atoms with Gasteiger partial charge < -0.3 is 23.9 Å². The molecule has 0 spiro atoms. The minimum absolute atomic E-state index is 0.166. The highest BCUT2D eigenvalue weighted by Gasteiger charge is 2.38. The molecule has 178 valence electrons. The zero-order valence-corrected chi connectivity index (χ0v) is 19.9. The van der Waals surface area contributed by atoms with Gasteiger partial charge in [0, 0.05) is 22.4 Å². The Morgan fingerprint density at radius 2 is 1.94 bits per heavy atom. The van der Waals surface area contributed by atoms with Crippen LogP contribution in [0.5, 0.6) is 5.75 Å². The number of anilines is 1. The van der Waals surface area contributed by atoms with Gasteiger partial charge >= 0.3 is 17.6 Å². The third-order valence-electron chi connectivity index (χ3n) is 5.75. The molecule has 4 rings (SSSR count). The van der Waals surface area contributed by atoms with Crippen LogP contribution in [0.4, 0.5) is 5.00 Å². The number of fused-ring (bicyclic) bond motifs is 2. The largest absolute Gasteiger partial charge is 0.481 e. The summed E-state index contributed by atoms with van der Waals surface area (Å²) < 4.78 is 20.8. The van der Waals surface area contributed by atoms with E-state index >= 15 is 0 Å². The molecular formula is C24H23NO8S. The molecule has 1 aliphatic rings. The first kappa shape index (κ1) is 23.5. The molecule has 2 atom stereocenters. The molecule has 0 aliphatic heterocycles. The molecule has 1 N–H and O–H groups in total. The number of carbonyl (C=O) groups excluding carboxylic acids is 3. The highest BCUT2D eigenvalue weighted by atomic mass is 32.1. The smallest absolute Gasteiger partial charge is 0.341 e. The summed E-state index contributed by atoms with van der Waals surface area (Å²) >= 11 is 1.24. The third-order valence-corrected chi connectivity index (χ3v) is 6.93. The molecule has 10 heteroatoms. The molecule has 2 aromatic heterocycles. The predicted molar refractivity (Wildman–Crippen MR) is 125 cm³/mol. The number of hydrogen-bond acceptors (Lipinski definition) is 9. The molecule has 1 aromatic carbocycles. The van der Waals surface area contributed by atoms with Gasteiger partial charge in [-0.25, -0.2) is 9.59 Å². The Labute approximate surface area is 198 Å². The molecular weight excluding hydrogens is 462 g/mol. The van der Waals surface area contributed by atoms with E-state index in [0.717, 1.165) is 15.8 Å². The molecule has 9 nitrogen and oxygen atoms in total. The van der Waals surface area contributed by atoms with E-state index in [0.29, 0.717) is 34.7 Å². The molecule has 2 heterocycles. The number of rotatable bonds is 6. The Bertz CT molecular complexity index is 1350. The Morgan fingerprint density at radius 3 is 2.65 bits per heavy atom. The fraction of sp³-hybridized carbons (Fsp3) is 0.333. The number of amides is 1. The van der Waals surface area contributed by atoms with Gasteiger partial charge in [0.25, 0.3) is 5.91 Å². The number of benzene rings is 1. The van der Waals surface area contributed by atoms with E-state index in [1.54, 1.807) is 32.0 Å². The second kappa shape index (κ2) is 9.30. The number of esters is 2. The summed E-state index contributed by atoms with van der Waals surface area (Å²) in [5.74, 6) is -1.81. The molecule has 0 unspecified atom stereocenters. The van der Waals surface area contributed by atoms with Gasteiger partial charge in [0.2, 0.25) is 0 Å². The zero-order valence-electron chi connectivity index (χ0n) is 19.1. The van der Waals surface area contributed by atoms with Crippen molar-refractivity contribution < 1.29 is 33.0 Å². The lowest BCUT2D eigenvalue weighted by atomic mass is 9.99.